The smallest absolute Gasteiger partial charge is 0.330 e. The van der Waals surface area contributed by atoms with Crippen LogP contribution < -0.4 is 14.8 Å². The van der Waals surface area contributed by atoms with E-state index in [-0.39, 0.29) is 17.8 Å². The largest absolute Gasteiger partial charge is 0.463 e. The molecule has 0 amide bonds. The van der Waals surface area contributed by atoms with E-state index < -0.39 is 0 Å². The number of hydrogen-bond acceptors (Lipinski definition) is 6. The maximum absolute atomic E-state index is 12.8. The third kappa shape index (κ3) is 3.78. The van der Waals surface area contributed by atoms with E-state index in [1.54, 1.807) is 7.05 Å². The number of anilines is 1. The van der Waals surface area contributed by atoms with Crippen LogP contribution in [0.15, 0.2) is 24.3 Å². The molecule has 0 unspecified atom stereocenters. The van der Waals surface area contributed by atoms with Gasteiger partial charge in [0, 0.05) is 7.05 Å². The summed E-state index contributed by atoms with van der Waals surface area (Å²) < 4.78 is 23.6. The molecule has 1 heterocycles. The van der Waals surface area contributed by atoms with Crippen molar-refractivity contribution < 1.29 is 13.9 Å². The minimum absolute atomic E-state index is 0.0852. The minimum atomic E-state index is -0.337. The van der Waals surface area contributed by atoms with Crippen molar-refractivity contribution in [2.75, 3.05) is 19.0 Å². The maximum atomic E-state index is 12.8. The summed E-state index contributed by atoms with van der Waals surface area (Å²) in [6, 6.07) is 5.84. The first-order chi connectivity index (χ1) is 9.71. The van der Waals surface area contributed by atoms with E-state index in [4.69, 9.17) is 9.47 Å². The molecular weight excluding hydrogens is 263 g/mol. The van der Waals surface area contributed by atoms with Crippen molar-refractivity contribution >= 4 is 5.95 Å². The number of nitrogens with one attached hydrogen (secondary N) is 1. The number of benzene rings is 1. The molecular formula is C13H15FN4O2. The number of aromatic nitrogens is 3. The SMILES string of the molecule is CCCOc1nc(NC)nc(Oc2ccc(F)cc2)n1. The molecule has 0 aliphatic carbocycles. The summed E-state index contributed by atoms with van der Waals surface area (Å²) in [6.45, 7) is 2.49. The lowest BCUT2D eigenvalue weighted by Crippen LogP contribution is -2.06. The fourth-order valence-corrected chi connectivity index (χ4v) is 1.36. The number of nitrogens with zero attached hydrogens (tertiary/aromatic N) is 3. The fraction of sp³-hybridized carbons (Fsp3) is 0.308. The fourth-order valence-electron chi connectivity index (χ4n) is 1.36. The second-order valence-electron chi connectivity index (χ2n) is 3.88. The molecule has 0 fully saturated rings. The highest BCUT2D eigenvalue weighted by molar-refractivity contribution is 5.29. The summed E-state index contributed by atoms with van der Waals surface area (Å²) in [4.78, 5) is 12.1. The van der Waals surface area contributed by atoms with Crippen LogP contribution in [0.25, 0.3) is 0 Å². The van der Waals surface area contributed by atoms with Crippen LogP contribution in [0.5, 0.6) is 17.8 Å². The highest BCUT2D eigenvalue weighted by Crippen LogP contribution is 2.20. The van der Waals surface area contributed by atoms with E-state index in [0.717, 1.165) is 6.42 Å². The summed E-state index contributed by atoms with van der Waals surface area (Å²) in [5, 5.41) is 2.80. The Bertz CT molecular complexity index is 563. The van der Waals surface area contributed by atoms with Crippen LogP contribution in [-0.4, -0.2) is 28.6 Å². The summed E-state index contributed by atoms with van der Waals surface area (Å²) >= 11 is 0. The van der Waals surface area contributed by atoms with Crippen LogP contribution in [0.1, 0.15) is 13.3 Å². The molecule has 0 saturated carbocycles. The zero-order valence-corrected chi connectivity index (χ0v) is 11.3. The van der Waals surface area contributed by atoms with Gasteiger partial charge < -0.3 is 14.8 Å². The third-order valence-electron chi connectivity index (χ3n) is 2.28. The topological polar surface area (TPSA) is 69.2 Å². The molecule has 1 N–H and O–H groups in total. The van der Waals surface area contributed by atoms with Crippen molar-refractivity contribution in [1.29, 1.82) is 0 Å². The van der Waals surface area contributed by atoms with Gasteiger partial charge in [-0.25, -0.2) is 4.39 Å². The molecule has 1 aromatic carbocycles. The predicted molar refractivity (Wildman–Crippen MR) is 71.6 cm³/mol. The first-order valence-electron chi connectivity index (χ1n) is 6.21. The van der Waals surface area contributed by atoms with Gasteiger partial charge in [-0.3, -0.25) is 0 Å². The minimum Gasteiger partial charge on any atom is -0.463 e. The molecule has 7 heteroatoms. The first kappa shape index (κ1) is 14.0. The van der Waals surface area contributed by atoms with E-state index in [1.807, 2.05) is 6.92 Å². The average Bonchev–Trinajstić information content (AvgIpc) is 2.47. The summed E-state index contributed by atoms with van der Waals surface area (Å²) in [6.07, 6.45) is 0.842. The van der Waals surface area contributed by atoms with E-state index in [9.17, 15) is 4.39 Å². The van der Waals surface area contributed by atoms with Gasteiger partial charge in [-0.05, 0) is 30.7 Å². The molecule has 0 aliphatic heterocycles. The molecule has 6 nitrogen and oxygen atoms in total. The Balaban J connectivity index is 2.19. The molecule has 0 aliphatic rings. The molecule has 0 spiro atoms. The van der Waals surface area contributed by atoms with Gasteiger partial charge in [0.1, 0.15) is 11.6 Å². The maximum Gasteiger partial charge on any atom is 0.330 e. The molecule has 0 radical (unpaired) electrons. The monoisotopic (exact) mass is 278 g/mol. The number of hydrogen-bond donors (Lipinski definition) is 1. The van der Waals surface area contributed by atoms with Crippen LogP contribution in [0.4, 0.5) is 10.3 Å². The van der Waals surface area contributed by atoms with Gasteiger partial charge in [0.2, 0.25) is 5.95 Å². The first-order valence-corrected chi connectivity index (χ1v) is 6.21. The Labute approximate surface area is 116 Å². The quantitative estimate of drug-likeness (QED) is 0.876. The van der Waals surface area contributed by atoms with Crippen LogP contribution >= 0.6 is 0 Å². The third-order valence-corrected chi connectivity index (χ3v) is 2.28. The van der Waals surface area contributed by atoms with Crippen molar-refractivity contribution in [2.24, 2.45) is 0 Å². The van der Waals surface area contributed by atoms with Crippen LogP contribution in [-0.2, 0) is 0 Å². The van der Waals surface area contributed by atoms with Crippen LogP contribution in [0, 0.1) is 5.82 Å². The van der Waals surface area contributed by atoms with Crippen molar-refractivity contribution in [3.63, 3.8) is 0 Å². The van der Waals surface area contributed by atoms with E-state index in [0.29, 0.717) is 18.3 Å². The number of rotatable bonds is 6. The van der Waals surface area contributed by atoms with Crippen molar-refractivity contribution in [3.8, 4) is 17.8 Å². The Morgan fingerprint density at radius 1 is 1.10 bits per heavy atom. The summed E-state index contributed by atoms with van der Waals surface area (Å²) in [5.41, 5.74) is 0. The van der Waals surface area contributed by atoms with Crippen molar-refractivity contribution in [1.82, 2.24) is 15.0 Å². The lowest BCUT2D eigenvalue weighted by Gasteiger charge is -2.08. The van der Waals surface area contributed by atoms with Crippen LogP contribution in [0.3, 0.4) is 0 Å². The molecule has 2 rings (SSSR count). The second-order valence-corrected chi connectivity index (χ2v) is 3.88. The normalized spacial score (nSPS) is 10.2. The summed E-state index contributed by atoms with van der Waals surface area (Å²) in [5.74, 6) is 0.431. The standard InChI is InChI=1S/C13H15FN4O2/c1-3-8-19-12-16-11(15-2)17-13(18-12)20-10-6-4-9(14)5-7-10/h4-7H,3,8H2,1-2H3,(H,15,16,17,18). The van der Waals surface area contributed by atoms with Gasteiger partial charge >= 0.3 is 12.0 Å². The number of halogens is 1. The Kier molecular flexibility index (Phi) is 4.65. The zero-order chi connectivity index (χ0) is 14.4. The van der Waals surface area contributed by atoms with E-state index in [2.05, 4.69) is 20.3 Å². The van der Waals surface area contributed by atoms with E-state index in [1.165, 1.54) is 24.3 Å². The van der Waals surface area contributed by atoms with Gasteiger partial charge in [-0.1, -0.05) is 6.92 Å². The highest BCUT2D eigenvalue weighted by Gasteiger charge is 2.08. The Hall–Kier alpha value is -2.44. The lowest BCUT2D eigenvalue weighted by atomic mass is 10.3. The van der Waals surface area contributed by atoms with Gasteiger partial charge in [-0.15, -0.1) is 4.98 Å². The summed E-state index contributed by atoms with van der Waals surface area (Å²) in [7, 11) is 1.68. The molecule has 0 saturated heterocycles. The predicted octanol–water partition coefficient (Wildman–Crippen LogP) is 2.63. The lowest BCUT2D eigenvalue weighted by molar-refractivity contribution is 0.285. The van der Waals surface area contributed by atoms with Crippen molar-refractivity contribution in [2.45, 2.75) is 13.3 Å². The Morgan fingerprint density at radius 3 is 2.45 bits per heavy atom. The van der Waals surface area contributed by atoms with Gasteiger partial charge in [0.25, 0.3) is 0 Å². The Morgan fingerprint density at radius 2 is 1.80 bits per heavy atom. The van der Waals surface area contributed by atoms with Gasteiger partial charge in [0.05, 0.1) is 6.61 Å². The molecule has 20 heavy (non-hydrogen) atoms. The molecule has 106 valence electrons. The van der Waals surface area contributed by atoms with Gasteiger partial charge in [-0.2, -0.15) is 9.97 Å². The molecule has 0 atom stereocenters. The average molecular weight is 278 g/mol. The highest BCUT2D eigenvalue weighted by atomic mass is 19.1. The van der Waals surface area contributed by atoms with Crippen molar-refractivity contribution in [3.05, 3.63) is 30.1 Å². The van der Waals surface area contributed by atoms with Crippen LogP contribution in [0.2, 0.25) is 0 Å². The molecule has 0 bridgehead atoms. The molecule has 1 aromatic heterocycles. The zero-order valence-electron chi connectivity index (χ0n) is 11.3. The molecule has 2 aromatic rings. The van der Waals surface area contributed by atoms with Gasteiger partial charge in [0.15, 0.2) is 0 Å². The second kappa shape index (κ2) is 6.65. The van der Waals surface area contributed by atoms with E-state index >= 15 is 0 Å². The number of ether oxygens (including phenoxy) is 2.